The van der Waals surface area contributed by atoms with Crippen molar-refractivity contribution in [3.05, 3.63) is 41.4 Å². The normalized spacial score (nSPS) is 34.1. The minimum absolute atomic E-state index is 0.136. The molecule has 0 N–H and O–H groups in total. The molecule has 4 rings (SSSR count). The van der Waals surface area contributed by atoms with Gasteiger partial charge in [0.25, 0.3) is 0 Å². The summed E-state index contributed by atoms with van der Waals surface area (Å²) in [5.74, 6) is -1.64. The molecule has 3 heterocycles. The lowest BCUT2D eigenvalue weighted by Gasteiger charge is -2.22. The summed E-state index contributed by atoms with van der Waals surface area (Å²) in [5, 5.41) is 0.503. The van der Waals surface area contributed by atoms with Gasteiger partial charge in [-0.2, -0.15) is 0 Å². The van der Waals surface area contributed by atoms with Crippen LogP contribution in [0.4, 0.5) is 5.69 Å². The zero-order valence-corrected chi connectivity index (χ0v) is 13.3. The van der Waals surface area contributed by atoms with Crippen LogP contribution in [0, 0.1) is 11.8 Å². The highest BCUT2D eigenvalue weighted by Crippen LogP contribution is 2.53. The molecule has 3 aliphatic heterocycles. The van der Waals surface area contributed by atoms with E-state index in [0.717, 1.165) is 0 Å². The van der Waals surface area contributed by atoms with Gasteiger partial charge in [-0.05, 0) is 19.1 Å². The molecule has 0 saturated carbocycles. The Morgan fingerprint density at radius 1 is 1.48 bits per heavy atom. The number of carbonyl (C=O) groups excluding carboxylic acids is 2. The van der Waals surface area contributed by atoms with Crippen LogP contribution in [-0.4, -0.2) is 36.7 Å². The highest BCUT2D eigenvalue weighted by Gasteiger charge is 2.67. The number of nitrogens with zero attached hydrogens (tertiary/aromatic N) is 1. The average Bonchev–Trinajstić information content (AvgIpc) is 3.16. The predicted octanol–water partition coefficient (Wildman–Crippen LogP) is 2.19. The van der Waals surface area contributed by atoms with Crippen molar-refractivity contribution in [2.45, 2.75) is 18.6 Å². The molecule has 23 heavy (non-hydrogen) atoms. The van der Waals surface area contributed by atoms with Crippen molar-refractivity contribution in [1.82, 2.24) is 0 Å². The molecular formula is C17H16ClNO4. The lowest BCUT2D eigenvalue weighted by Crippen LogP contribution is -2.40. The number of esters is 1. The molecule has 0 aromatic heterocycles. The van der Waals surface area contributed by atoms with E-state index >= 15 is 0 Å². The van der Waals surface area contributed by atoms with E-state index in [2.05, 4.69) is 0 Å². The summed E-state index contributed by atoms with van der Waals surface area (Å²) in [5.41, 5.74) is -0.107. The van der Waals surface area contributed by atoms with Gasteiger partial charge in [0.05, 0.1) is 35.9 Å². The van der Waals surface area contributed by atoms with Crippen molar-refractivity contribution in [2.24, 2.45) is 11.8 Å². The zero-order chi connectivity index (χ0) is 16.2. The maximum absolute atomic E-state index is 13.0. The average molecular weight is 334 g/mol. The fraction of sp³-hybridized carbons (Fsp3) is 0.412. The van der Waals surface area contributed by atoms with E-state index in [1.54, 1.807) is 24.0 Å². The first-order valence-electron chi connectivity index (χ1n) is 7.67. The number of benzene rings is 1. The Bertz CT molecular complexity index is 718. The third kappa shape index (κ3) is 1.96. The molecular weight excluding hydrogens is 318 g/mol. The number of hydrogen-bond acceptors (Lipinski definition) is 4. The van der Waals surface area contributed by atoms with Crippen molar-refractivity contribution in [1.29, 1.82) is 0 Å². The maximum atomic E-state index is 13.0. The van der Waals surface area contributed by atoms with Crippen LogP contribution in [0.5, 0.6) is 0 Å². The third-order valence-electron chi connectivity index (χ3n) is 4.80. The van der Waals surface area contributed by atoms with E-state index in [9.17, 15) is 9.59 Å². The highest BCUT2D eigenvalue weighted by atomic mass is 35.5. The van der Waals surface area contributed by atoms with E-state index in [1.165, 1.54) is 0 Å². The Kier molecular flexibility index (Phi) is 3.25. The van der Waals surface area contributed by atoms with Gasteiger partial charge in [-0.3, -0.25) is 9.59 Å². The smallest absolute Gasteiger partial charge is 0.312 e. The van der Waals surface area contributed by atoms with Gasteiger partial charge in [0, 0.05) is 0 Å². The van der Waals surface area contributed by atoms with Crippen LogP contribution in [0.1, 0.15) is 6.92 Å². The summed E-state index contributed by atoms with van der Waals surface area (Å²) in [7, 11) is 0. The number of carbonyl (C=O) groups is 2. The van der Waals surface area contributed by atoms with Gasteiger partial charge in [0.2, 0.25) is 5.91 Å². The summed E-state index contributed by atoms with van der Waals surface area (Å²) < 4.78 is 11.2. The Balaban J connectivity index is 1.71. The summed E-state index contributed by atoms with van der Waals surface area (Å²) in [4.78, 5) is 26.9. The Morgan fingerprint density at radius 2 is 2.26 bits per heavy atom. The summed E-state index contributed by atoms with van der Waals surface area (Å²) in [6.07, 6.45) is 3.39. The molecule has 5 nitrogen and oxygen atoms in total. The fourth-order valence-corrected chi connectivity index (χ4v) is 4.12. The first kappa shape index (κ1) is 14.7. The van der Waals surface area contributed by atoms with Gasteiger partial charge < -0.3 is 14.4 Å². The minimum atomic E-state index is -0.752. The molecule has 3 aliphatic rings. The molecule has 1 aromatic rings. The fourth-order valence-electron chi connectivity index (χ4n) is 3.88. The largest absolute Gasteiger partial charge is 0.466 e. The molecule has 1 aromatic carbocycles. The number of rotatable bonds is 3. The molecule has 6 heteroatoms. The molecule has 0 radical (unpaired) electrons. The monoisotopic (exact) mass is 333 g/mol. The Hall–Kier alpha value is -1.85. The van der Waals surface area contributed by atoms with Crippen LogP contribution in [-0.2, 0) is 19.1 Å². The molecule has 1 amide bonds. The number of halogens is 1. The number of amides is 1. The van der Waals surface area contributed by atoms with Crippen LogP contribution in [0.2, 0.25) is 5.02 Å². The molecule has 120 valence electrons. The lowest BCUT2D eigenvalue weighted by atomic mass is 9.77. The van der Waals surface area contributed by atoms with Crippen molar-refractivity contribution < 1.29 is 19.1 Å². The molecule has 2 saturated heterocycles. The lowest BCUT2D eigenvalue weighted by molar-refractivity contribution is -0.151. The second-order valence-corrected chi connectivity index (χ2v) is 6.44. The van der Waals surface area contributed by atoms with Gasteiger partial charge in [-0.15, -0.1) is 0 Å². The predicted molar refractivity (Wildman–Crippen MR) is 84.2 cm³/mol. The van der Waals surface area contributed by atoms with E-state index in [-0.39, 0.29) is 24.6 Å². The molecule has 0 aliphatic carbocycles. The zero-order valence-electron chi connectivity index (χ0n) is 12.6. The number of fused-ring (bicyclic) bond motifs is 1. The molecule has 4 atom stereocenters. The van der Waals surface area contributed by atoms with Gasteiger partial charge in [-0.1, -0.05) is 35.9 Å². The van der Waals surface area contributed by atoms with E-state index < -0.39 is 17.4 Å². The van der Waals surface area contributed by atoms with Gasteiger partial charge in [0.1, 0.15) is 11.5 Å². The summed E-state index contributed by atoms with van der Waals surface area (Å²) >= 11 is 6.23. The maximum Gasteiger partial charge on any atom is 0.312 e. The Labute approximate surface area is 138 Å². The summed E-state index contributed by atoms with van der Waals surface area (Å²) in [6.45, 7) is 2.40. The molecule has 0 unspecified atom stereocenters. The number of para-hydroxylation sites is 1. The van der Waals surface area contributed by atoms with Crippen LogP contribution in [0.25, 0.3) is 0 Å². The quantitative estimate of drug-likeness (QED) is 0.628. The Morgan fingerprint density at radius 3 is 3.00 bits per heavy atom. The van der Waals surface area contributed by atoms with Gasteiger partial charge in [0.15, 0.2) is 0 Å². The number of hydrogen-bond donors (Lipinski definition) is 0. The number of ether oxygens (including phenoxy) is 2. The SMILES string of the molecule is CCOC(=O)[C@H]1[C@H]2C=C[C@@]3(CN(c4ccccc4Cl)C(=O)[C@@H]13)O2. The summed E-state index contributed by atoms with van der Waals surface area (Å²) in [6, 6.07) is 7.19. The number of anilines is 1. The van der Waals surface area contributed by atoms with Crippen LogP contribution >= 0.6 is 11.6 Å². The van der Waals surface area contributed by atoms with Crippen molar-refractivity contribution >= 4 is 29.2 Å². The van der Waals surface area contributed by atoms with Crippen LogP contribution < -0.4 is 4.90 Å². The second kappa shape index (κ2) is 5.08. The third-order valence-corrected chi connectivity index (χ3v) is 5.12. The highest BCUT2D eigenvalue weighted by molar-refractivity contribution is 6.34. The molecule has 2 bridgehead atoms. The van der Waals surface area contributed by atoms with E-state index in [0.29, 0.717) is 17.3 Å². The van der Waals surface area contributed by atoms with Gasteiger partial charge in [-0.25, -0.2) is 0 Å². The van der Waals surface area contributed by atoms with Crippen molar-refractivity contribution in [2.75, 3.05) is 18.1 Å². The van der Waals surface area contributed by atoms with Crippen LogP contribution in [0.15, 0.2) is 36.4 Å². The molecule has 1 spiro atoms. The van der Waals surface area contributed by atoms with E-state index in [4.69, 9.17) is 21.1 Å². The standard InChI is InChI=1S/C17H16ClNO4/c1-2-22-16(21)13-12-7-8-17(23-12)9-19(15(20)14(13)17)11-6-4-3-5-10(11)18/h3-8,12-14H,2,9H2,1H3/t12-,13+,14-,17+/m1/s1. The topological polar surface area (TPSA) is 55.8 Å². The second-order valence-electron chi connectivity index (χ2n) is 6.03. The van der Waals surface area contributed by atoms with Gasteiger partial charge >= 0.3 is 5.97 Å². The van der Waals surface area contributed by atoms with Crippen molar-refractivity contribution in [3.8, 4) is 0 Å². The van der Waals surface area contributed by atoms with Crippen molar-refractivity contribution in [3.63, 3.8) is 0 Å². The van der Waals surface area contributed by atoms with E-state index in [1.807, 2.05) is 24.3 Å². The first-order chi connectivity index (χ1) is 11.1. The first-order valence-corrected chi connectivity index (χ1v) is 8.05. The minimum Gasteiger partial charge on any atom is -0.466 e. The van der Waals surface area contributed by atoms with Crippen LogP contribution in [0.3, 0.4) is 0 Å². The molecule has 2 fully saturated rings.